The second-order valence-electron chi connectivity index (χ2n) is 3.72. The van der Waals surface area contributed by atoms with Crippen LogP contribution in [0.3, 0.4) is 0 Å². The molecule has 1 aromatic carbocycles. The van der Waals surface area contributed by atoms with E-state index < -0.39 is 0 Å². The van der Waals surface area contributed by atoms with Crippen molar-refractivity contribution >= 4 is 23.6 Å². The summed E-state index contributed by atoms with van der Waals surface area (Å²) in [5.41, 5.74) is 2.17. The van der Waals surface area contributed by atoms with Gasteiger partial charge in [0.2, 0.25) is 0 Å². The van der Waals surface area contributed by atoms with Gasteiger partial charge in [0, 0.05) is 0 Å². The number of methoxy groups -OCH3 is 1. The van der Waals surface area contributed by atoms with Gasteiger partial charge in [-0.2, -0.15) is 4.73 Å². The van der Waals surface area contributed by atoms with Crippen LogP contribution >= 0.6 is 23.6 Å². The third-order valence-electron chi connectivity index (χ3n) is 2.60. The summed E-state index contributed by atoms with van der Waals surface area (Å²) >= 11 is 6.87. The SMILES string of the molecule is CCOn1c(C)c(-c2ccc(OC)cc2)sc1=S. The lowest BCUT2D eigenvalue weighted by Crippen LogP contribution is -2.11. The molecular weight excluding hydrogens is 266 g/mol. The lowest BCUT2D eigenvalue weighted by molar-refractivity contribution is 0.116. The van der Waals surface area contributed by atoms with E-state index in [2.05, 4.69) is 0 Å². The molecule has 0 aliphatic carbocycles. The van der Waals surface area contributed by atoms with Crippen LogP contribution in [-0.2, 0) is 0 Å². The van der Waals surface area contributed by atoms with Gasteiger partial charge in [0.1, 0.15) is 12.4 Å². The van der Waals surface area contributed by atoms with E-state index in [1.54, 1.807) is 23.2 Å². The fourth-order valence-corrected chi connectivity index (χ4v) is 3.09. The van der Waals surface area contributed by atoms with Gasteiger partial charge in [0.05, 0.1) is 17.7 Å². The largest absolute Gasteiger partial charge is 0.497 e. The highest BCUT2D eigenvalue weighted by Crippen LogP contribution is 2.31. The maximum Gasteiger partial charge on any atom is 0.197 e. The van der Waals surface area contributed by atoms with Gasteiger partial charge in [-0.1, -0.05) is 0 Å². The maximum atomic E-state index is 5.51. The molecule has 2 aromatic rings. The molecule has 1 heterocycles. The molecule has 0 fully saturated rings. The Morgan fingerprint density at radius 2 is 1.94 bits per heavy atom. The first-order valence-electron chi connectivity index (χ1n) is 5.67. The molecule has 0 N–H and O–H groups in total. The highest BCUT2D eigenvalue weighted by Gasteiger charge is 2.11. The molecule has 0 saturated carbocycles. The summed E-state index contributed by atoms with van der Waals surface area (Å²) in [4.78, 5) is 6.65. The number of ether oxygens (including phenoxy) is 1. The van der Waals surface area contributed by atoms with Crippen molar-refractivity contribution in [3.05, 3.63) is 33.9 Å². The first-order valence-corrected chi connectivity index (χ1v) is 6.90. The van der Waals surface area contributed by atoms with Crippen LogP contribution in [0, 0.1) is 10.9 Å². The number of benzene rings is 1. The van der Waals surface area contributed by atoms with Crippen molar-refractivity contribution in [1.29, 1.82) is 0 Å². The molecule has 0 spiro atoms. The topological polar surface area (TPSA) is 23.4 Å². The Morgan fingerprint density at radius 3 is 2.50 bits per heavy atom. The Hall–Kier alpha value is -1.33. The number of hydrogen-bond acceptors (Lipinski definition) is 4. The van der Waals surface area contributed by atoms with E-state index in [-0.39, 0.29) is 0 Å². The average Bonchev–Trinajstić information content (AvgIpc) is 2.67. The van der Waals surface area contributed by atoms with Crippen molar-refractivity contribution in [3.63, 3.8) is 0 Å². The molecule has 0 bridgehead atoms. The van der Waals surface area contributed by atoms with E-state index in [1.807, 2.05) is 38.1 Å². The molecule has 0 saturated heterocycles. The van der Waals surface area contributed by atoms with Crippen LogP contribution in [0.25, 0.3) is 10.4 Å². The van der Waals surface area contributed by atoms with Crippen molar-refractivity contribution in [1.82, 2.24) is 4.73 Å². The Morgan fingerprint density at radius 1 is 1.28 bits per heavy atom. The molecule has 18 heavy (non-hydrogen) atoms. The maximum absolute atomic E-state index is 5.51. The summed E-state index contributed by atoms with van der Waals surface area (Å²) in [6.07, 6.45) is 0. The molecule has 0 aliphatic heterocycles. The lowest BCUT2D eigenvalue weighted by Gasteiger charge is -2.06. The van der Waals surface area contributed by atoms with Crippen LogP contribution in [0.1, 0.15) is 12.6 Å². The number of aromatic nitrogens is 1. The normalized spacial score (nSPS) is 10.4. The van der Waals surface area contributed by atoms with Crippen molar-refractivity contribution in [2.75, 3.05) is 13.7 Å². The predicted octanol–water partition coefficient (Wildman–Crippen LogP) is 3.71. The molecule has 2 rings (SSSR count). The number of hydrogen-bond donors (Lipinski definition) is 0. The van der Waals surface area contributed by atoms with Crippen LogP contribution in [0.2, 0.25) is 0 Å². The van der Waals surface area contributed by atoms with E-state index in [4.69, 9.17) is 21.8 Å². The second-order valence-corrected chi connectivity index (χ2v) is 5.37. The highest BCUT2D eigenvalue weighted by atomic mass is 32.1. The third kappa shape index (κ3) is 2.42. The summed E-state index contributed by atoms with van der Waals surface area (Å²) in [6, 6.07) is 7.95. The zero-order valence-electron chi connectivity index (χ0n) is 10.6. The van der Waals surface area contributed by atoms with Crippen LogP contribution in [-0.4, -0.2) is 18.4 Å². The Kier molecular flexibility index (Phi) is 4.04. The van der Waals surface area contributed by atoms with Gasteiger partial charge in [0.15, 0.2) is 3.95 Å². The molecule has 0 amide bonds. The van der Waals surface area contributed by atoms with E-state index >= 15 is 0 Å². The fraction of sp³-hybridized carbons (Fsp3) is 0.308. The van der Waals surface area contributed by atoms with Gasteiger partial charge in [-0.3, -0.25) is 0 Å². The monoisotopic (exact) mass is 281 g/mol. The summed E-state index contributed by atoms with van der Waals surface area (Å²) < 4.78 is 7.61. The highest BCUT2D eigenvalue weighted by molar-refractivity contribution is 7.73. The molecular formula is C13H15NO2S2. The minimum absolute atomic E-state index is 0.605. The fourth-order valence-electron chi connectivity index (χ4n) is 1.72. The van der Waals surface area contributed by atoms with E-state index in [1.165, 1.54) is 0 Å². The van der Waals surface area contributed by atoms with E-state index in [0.29, 0.717) is 6.61 Å². The molecule has 0 aliphatic rings. The minimum atomic E-state index is 0.605. The number of thiazole rings is 1. The molecule has 96 valence electrons. The van der Waals surface area contributed by atoms with Crippen molar-refractivity contribution < 1.29 is 9.57 Å². The van der Waals surface area contributed by atoms with Gasteiger partial charge < -0.3 is 9.57 Å². The Balaban J connectivity index is 2.44. The van der Waals surface area contributed by atoms with Crippen LogP contribution < -0.4 is 9.57 Å². The average molecular weight is 281 g/mol. The first-order chi connectivity index (χ1) is 8.67. The van der Waals surface area contributed by atoms with Crippen LogP contribution in [0.4, 0.5) is 0 Å². The zero-order valence-corrected chi connectivity index (χ0v) is 12.2. The standard InChI is InChI=1S/C13H15NO2S2/c1-4-16-14-9(2)12(18-13(14)17)10-5-7-11(15-3)8-6-10/h5-8H,4H2,1-3H3. The quantitative estimate of drug-likeness (QED) is 0.798. The predicted molar refractivity (Wildman–Crippen MR) is 77.0 cm³/mol. The minimum Gasteiger partial charge on any atom is -0.497 e. The number of rotatable bonds is 4. The van der Waals surface area contributed by atoms with Gasteiger partial charge >= 0.3 is 0 Å². The summed E-state index contributed by atoms with van der Waals surface area (Å²) in [5, 5.41) is 0. The second kappa shape index (κ2) is 5.54. The van der Waals surface area contributed by atoms with Crippen LogP contribution in [0.15, 0.2) is 24.3 Å². The molecule has 0 radical (unpaired) electrons. The van der Waals surface area contributed by atoms with Crippen molar-refractivity contribution in [3.8, 4) is 16.2 Å². The summed E-state index contributed by atoms with van der Waals surface area (Å²) in [7, 11) is 1.66. The smallest absolute Gasteiger partial charge is 0.197 e. The summed E-state index contributed by atoms with van der Waals surface area (Å²) in [5.74, 6) is 0.851. The van der Waals surface area contributed by atoms with Crippen molar-refractivity contribution in [2.24, 2.45) is 0 Å². The third-order valence-corrected chi connectivity index (χ3v) is 4.09. The van der Waals surface area contributed by atoms with Gasteiger partial charge in [-0.05, 0) is 55.9 Å². The van der Waals surface area contributed by atoms with Gasteiger partial charge in [-0.25, -0.2) is 0 Å². The molecule has 5 heteroatoms. The Labute approximate surface area is 116 Å². The zero-order chi connectivity index (χ0) is 13.1. The molecule has 0 atom stereocenters. The first kappa shape index (κ1) is 13.1. The van der Waals surface area contributed by atoms with Gasteiger partial charge in [-0.15, -0.1) is 11.3 Å². The molecule has 0 unspecified atom stereocenters. The number of nitrogens with zero attached hydrogens (tertiary/aromatic N) is 1. The van der Waals surface area contributed by atoms with Crippen LogP contribution in [0.5, 0.6) is 5.75 Å². The molecule has 3 nitrogen and oxygen atoms in total. The van der Waals surface area contributed by atoms with Gasteiger partial charge in [0.25, 0.3) is 0 Å². The lowest BCUT2D eigenvalue weighted by atomic mass is 10.1. The molecule has 1 aromatic heterocycles. The van der Waals surface area contributed by atoms with E-state index in [9.17, 15) is 0 Å². The van der Waals surface area contributed by atoms with Crippen molar-refractivity contribution in [2.45, 2.75) is 13.8 Å². The van der Waals surface area contributed by atoms with E-state index in [0.717, 1.165) is 25.8 Å². The Bertz CT molecular complexity index is 584. The summed E-state index contributed by atoms with van der Waals surface area (Å²) in [6.45, 7) is 4.57.